The van der Waals surface area contributed by atoms with Gasteiger partial charge in [-0.3, -0.25) is 10.1 Å². The van der Waals surface area contributed by atoms with E-state index in [1.807, 2.05) is 5.32 Å². The summed E-state index contributed by atoms with van der Waals surface area (Å²) in [6.45, 7) is 0. The number of carbonyl (C=O) groups is 2. The number of nitrogens with one attached hydrogen (secondary N) is 2. The average molecular weight is 437 g/mol. The molecule has 2 aromatic rings. The van der Waals surface area contributed by atoms with E-state index in [-0.39, 0.29) is 16.3 Å². The van der Waals surface area contributed by atoms with E-state index in [4.69, 9.17) is 28.9 Å². The van der Waals surface area contributed by atoms with Gasteiger partial charge in [0.1, 0.15) is 5.56 Å². The highest BCUT2D eigenvalue weighted by Crippen LogP contribution is 2.29. The Morgan fingerprint density at radius 2 is 1.68 bits per heavy atom. The smallest absolute Gasteiger partial charge is 0.337 e. The van der Waals surface area contributed by atoms with Gasteiger partial charge in [0.2, 0.25) is 11.6 Å². The molecule has 12 heteroatoms. The van der Waals surface area contributed by atoms with Crippen LogP contribution in [0.2, 0.25) is 5.02 Å². The van der Waals surface area contributed by atoms with E-state index in [0.717, 1.165) is 19.2 Å². The van der Waals surface area contributed by atoms with Crippen LogP contribution < -0.4 is 15.4 Å². The summed E-state index contributed by atoms with van der Waals surface area (Å²) in [5, 5.41) is 12.5. The predicted molar refractivity (Wildman–Crippen MR) is 94.9 cm³/mol. The number of anilines is 1. The molecule has 0 aromatic heterocycles. The molecule has 0 saturated heterocycles. The van der Waals surface area contributed by atoms with Gasteiger partial charge in [-0.25, -0.2) is 13.6 Å². The molecular weight excluding hydrogens is 428 g/mol. The van der Waals surface area contributed by atoms with Gasteiger partial charge in [-0.05, 0) is 30.4 Å². The second-order valence-electron chi connectivity index (χ2n) is 5.07. The molecule has 0 fully saturated rings. The summed E-state index contributed by atoms with van der Waals surface area (Å²) in [6.07, 6.45) is 0. The summed E-state index contributed by atoms with van der Waals surface area (Å²) < 4.78 is 59.5. The van der Waals surface area contributed by atoms with Crippen LogP contribution in [-0.2, 0) is 0 Å². The van der Waals surface area contributed by atoms with Crippen LogP contribution in [0, 0.1) is 23.3 Å². The van der Waals surface area contributed by atoms with Crippen LogP contribution in [0.4, 0.5) is 23.2 Å². The fourth-order valence-electron chi connectivity index (χ4n) is 2.08. The number of benzene rings is 2. The van der Waals surface area contributed by atoms with Crippen LogP contribution in [-0.4, -0.2) is 29.2 Å². The first-order chi connectivity index (χ1) is 13.1. The van der Waals surface area contributed by atoms with Crippen molar-refractivity contribution in [1.29, 1.82) is 0 Å². The molecule has 0 aliphatic heterocycles. The monoisotopic (exact) mass is 436 g/mol. The number of thiocarbonyl (C=S) groups is 1. The third-order valence-electron chi connectivity index (χ3n) is 3.34. The molecule has 0 aliphatic carbocycles. The number of hydrogen-bond acceptors (Lipinski definition) is 4. The summed E-state index contributed by atoms with van der Waals surface area (Å²) in [5.41, 5.74) is -1.61. The van der Waals surface area contributed by atoms with Gasteiger partial charge < -0.3 is 15.2 Å². The lowest BCUT2D eigenvalue weighted by Gasteiger charge is -2.13. The first-order valence-electron chi connectivity index (χ1n) is 7.13. The Kier molecular flexibility index (Phi) is 6.41. The molecule has 0 saturated carbocycles. The molecule has 0 bridgehead atoms. The Labute approximate surface area is 165 Å². The molecule has 0 unspecified atom stereocenters. The fourth-order valence-corrected chi connectivity index (χ4v) is 2.56. The third-order valence-corrected chi connectivity index (χ3v) is 3.86. The van der Waals surface area contributed by atoms with Gasteiger partial charge in [0.15, 0.2) is 22.5 Å². The number of halogens is 5. The number of hydrogen-bond donors (Lipinski definition) is 3. The van der Waals surface area contributed by atoms with Gasteiger partial charge in [-0.2, -0.15) is 8.78 Å². The highest BCUT2D eigenvalue weighted by Gasteiger charge is 2.30. The lowest BCUT2D eigenvalue weighted by Crippen LogP contribution is -2.35. The van der Waals surface area contributed by atoms with Crippen LogP contribution in [0.1, 0.15) is 20.7 Å². The second-order valence-corrected chi connectivity index (χ2v) is 5.89. The van der Waals surface area contributed by atoms with Crippen LogP contribution in [0.3, 0.4) is 0 Å². The minimum atomic E-state index is -1.97. The van der Waals surface area contributed by atoms with Gasteiger partial charge in [0.05, 0.1) is 17.7 Å². The Morgan fingerprint density at radius 1 is 1.11 bits per heavy atom. The Hall–Kier alpha value is -2.92. The van der Waals surface area contributed by atoms with E-state index in [9.17, 15) is 27.2 Å². The minimum absolute atomic E-state index is 0.133. The zero-order chi connectivity index (χ0) is 21.2. The number of methoxy groups -OCH3 is 1. The Morgan fingerprint density at radius 3 is 2.14 bits per heavy atom. The van der Waals surface area contributed by atoms with Crippen molar-refractivity contribution in [2.75, 3.05) is 12.4 Å². The molecule has 0 atom stereocenters. The van der Waals surface area contributed by atoms with Crippen molar-refractivity contribution in [2.45, 2.75) is 0 Å². The van der Waals surface area contributed by atoms with E-state index in [1.54, 1.807) is 0 Å². The zero-order valence-corrected chi connectivity index (χ0v) is 15.3. The van der Waals surface area contributed by atoms with E-state index in [0.29, 0.717) is 0 Å². The standard InChI is InChI=1S/C16H9ClF4N2O4S/c1-27-13-11(20)9(18)8(10(19)12(13)21)14(24)23-16(28)22-5-2-3-6(15(25)26)7(17)4-5/h2-4H,1H3,(H,25,26)(H2,22,23,24,28). The highest BCUT2D eigenvalue weighted by atomic mass is 35.5. The number of ether oxygens (including phenoxy) is 1. The molecular formula is C16H9ClF4N2O4S. The lowest BCUT2D eigenvalue weighted by molar-refractivity contribution is 0.0696. The molecule has 1 amide bonds. The van der Waals surface area contributed by atoms with Gasteiger partial charge >= 0.3 is 5.97 Å². The van der Waals surface area contributed by atoms with Gasteiger partial charge in [0, 0.05) is 5.69 Å². The summed E-state index contributed by atoms with van der Waals surface area (Å²) in [5.74, 6) is -11.9. The fraction of sp³-hybridized carbons (Fsp3) is 0.0625. The number of carbonyl (C=O) groups excluding carboxylic acids is 1. The van der Waals surface area contributed by atoms with E-state index < -0.39 is 51.6 Å². The summed E-state index contributed by atoms with van der Waals surface area (Å²) >= 11 is 10.5. The average Bonchev–Trinajstić information content (AvgIpc) is 2.60. The maximum Gasteiger partial charge on any atom is 0.337 e. The van der Waals surface area contributed by atoms with Gasteiger partial charge in [0.25, 0.3) is 5.91 Å². The molecule has 6 nitrogen and oxygen atoms in total. The lowest BCUT2D eigenvalue weighted by atomic mass is 10.1. The van der Waals surface area contributed by atoms with Gasteiger partial charge in [-0.1, -0.05) is 11.6 Å². The van der Waals surface area contributed by atoms with E-state index in [1.165, 1.54) is 6.07 Å². The molecule has 28 heavy (non-hydrogen) atoms. The SMILES string of the molecule is COc1c(F)c(F)c(C(=O)NC(=S)Nc2ccc(C(=O)O)c(Cl)c2)c(F)c1F. The Balaban J connectivity index is 2.23. The maximum atomic E-state index is 13.9. The highest BCUT2D eigenvalue weighted by molar-refractivity contribution is 7.80. The van der Waals surface area contributed by atoms with Crippen LogP contribution in [0.5, 0.6) is 5.75 Å². The van der Waals surface area contributed by atoms with Crippen LogP contribution in [0.25, 0.3) is 0 Å². The summed E-state index contributed by atoms with van der Waals surface area (Å²) in [6, 6.07) is 3.56. The molecule has 148 valence electrons. The molecule has 0 spiro atoms. The van der Waals surface area contributed by atoms with Crippen molar-refractivity contribution in [3.63, 3.8) is 0 Å². The normalized spacial score (nSPS) is 10.4. The number of rotatable bonds is 4. The van der Waals surface area contributed by atoms with Crippen molar-refractivity contribution in [2.24, 2.45) is 0 Å². The maximum absolute atomic E-state index is 13.9. The zero-order valence-electron chi connectivity index (χ0n) is 13.7. The first-order valence-corrected chi connectivity index (χ1v) is 7.92. The van der Waals surface area contributed by atoms with E-state index in [2.05, 4.69) is 10.1 Å². The number of carboxylic acids is 1. The van der Waals surface area contributed by atoms with E-state index >= 15 is 0 Å². The number of aromatic carboxylic acids is 1. The Bertz CT molecular complexity index is 974. The topological polar surface area (TPSA) is 87.7 Å². The second kappa shape index (κ2) is 8.40. The van der Waals surface area contributed by atoms with Crippen LogP contribution >= 0.6 is 23.8 Å². The predicted octanol–water partition coefficient (Wildman–Crippen LogP) is 3.73. The number of carboxylic acid groups (broad SMARTS) is 1. The minimum Gasteiger partial charge on any atom is -0.491 e. The molecule has 2 rings (SSSR count). The summed E-state index contributed by atoms with van der Waals surface area (Å²) in [7, 11) is 0.792. The molecule has 0 radical (unpaired) electrons. The molecule has 0 aliphatic rings. The quantitative estimate of drug-likeness (QED) is 0.384. The third kappa shape index (κ3) is 4.15. The van der Waals surface area contributed by atoms with Crippen molar-refractivity contribution in [3.8, 4) is 5.75 Å². The molecule has 3 N–H and O–H groups in total. The van der Waals surface area contributed by atoms with Crippen LogP contribution in [0.15, 0.2) is 18.2 Å². The molecule has 2 aromatic carbocycles. The van der Waals surface area contributed by atoms with Gasteiger partial charge in [-0.15, -0.1) is 0 Å². The summed E-state index contributed by atoms with van der Waals surface area (Å²) in [4.78, 5) is 22.9. The largest absolute Gasteiger partial charge is 0.491 e. The van der Waals surface area contributed by atoms with Crippen molar-refractivity contribution in [1.82, 2.24) is 5.32 Å². The first kappa shape index (κ1) is 21.4. The van der Waals surface area contributed by atoms with Crippen molar-refractivity contribution < 1.29 is 37.0 Å². The molecule has 0 heterocycles. The number of amides is 1. The van der Waals surface area contributed by atoms with Crippen molar-refractivity contribution in [3.05, 3.63) is 57.6 Å². The van der Waals surface area contributed by atoms with Crippen molar-refractivity contribution >= 4 is 46.5 Å².